The maximum Gasteiger partial charge on any atom is 0.327 e. The first-order valence-electron chi connectivity index (χ1n) is 10.6. The van der Waals surface area contributed by atoms with Crippen molar-refractivity contribution in [2.24, 2.45) is 0 Å². The van der Waals surface area contributed by atoms with E-state index in [0.29, 0.717) is 5.82 Å². The van der Waals surface area contributed by atoms with Crippen LogP contribution in [-0.2, 0) is 19.6 Å². The minimum atomic E-state index is -4.23. The summed E-state index contributed by atoms with van der Waals surface area (Å²) in [6.07, 6.45) is 1.81. The van der Waals surface area contributed by atoms with Crippen molar-refractivity contribution >= 4 is 78.4 Å². The zero-order chi connectivity index (χ0) is 26.3. The van der Waals surface area contributed by atoms with Crippen LogP contribution in [0.25, 0.3) is 16.7 Å². The molecule has 0 radical (unpaired) electrons. The van der Waals surface area contributed by atoms with E-state index < -0.39 is 28.1 Å². The van der Waals surface area contributed by atoms with Crippen LogP contribution in [0.1, 0.15) is 20.8 Å². The van der Waals surface area contributed by atoms with Gasteiger partial charge in [-0.3, -0.25) is 13.7 Å². The van der Waals surface area contributed by atoms with Crippen molar-refractivity contribution in [1.29, 1.82) is 0 Å². The van der Waals surface area contributed by atoms with Crippen LogP contribution < -0.4 is 4.31 Å². The summed E-state index contributed by atoms with van der Waals surface area (Å²) in [7, 11) is -4.23. The predicted octanol–water partition coefficient (Wildman–Crippen LogP) is 5.87. The summed E-state index contributed by atoms with van der Waals surface area (Å²) in [6.45, 7) is 4.59. The van der Waals surface area contributed by atoms with E-state index in [9.17, 15) is 13.2 Å². The molecule has 0 aliphatic carbocycles. The molecule has 0 amide bonds. The van der Waals surface area contributed by atoms with Crippen molar-refractivity contribution in [2.45, 2.75) is 31.3 Å². The van der Waals surface area contributed by atoms with Crippen LogP contribution in [0, 0.1) is 3.70 Å². The van der Waals surface area contributed by atoms with Gasteiger partial charge < -0.3 is 4.74 Å². The van der Waals surface area contributed by atoms with Gasteiger partial charge in [-0.15, -0.1) is 10.2 Å². The van der Waals surface area contributed by atoms with Crippen molar-refractivity contribution in [1.82, 2.24) is 14.8 Å². The smallest absolute Gasteiger partial charge is 0.327 e. The number of anilines is 1. The number of carbonyl (C=O) groups excluding carboxylic acids is 1. The fourth-order valence-corrected chi connectivity index (χ4v) is 5.95. The van der Waals surface area contributed by atoms with Gasteiger partial charge in [-0.2, -0.15) is 0 Å². The number of hydrogen-bond acceptors (Lipinski definition) is 6. The van der Waals surface area contributed by atoms with Crippen LogP contribution in [0.4, 0.5) is 5.69 Å². The van der Waals surface area contributed by atoms with Gasteiger partial charge in [0.25, 0.3) is 10.0 Å². The first kappa shape index (κ1) is 26.6. The fraction of sp³-hybridized carbons (Fsp3) is 0.208. The predicted molar refractivity (Wildman–Crippen MR) is 148 cm³/mol. The molecule has 0 fully saturated rings. The van der Waals surface area contributed by atoms with E-state index in [1.807, 2.05) is 29.0 Å². The summed E-state index contributed by atoms with van der Waals surface area (Å²) < 4.78 is 36.4. The van der Waals surface area contributed by atoms with Crippen LogP contribution in [0.5, 0.6) is 0 Å². The van der Waals surface area contributed by atoms with Crippen molar-refractivity contribution in [2.75, 3.05) is 10.8 Å². The molecule has 188 valence electrons. The number of esters is 1. The van der Waals surface area contributed by atoms with Crippen molar-refractivity contribution < 1.29 is 17.9 Å². The average molecular weight is 659 g/mol. The first-order valence-corrected chi connectivity index (χ1v) is 13.9. The number of halogens is 3. The molecule has 0 N–H and O–H groups in total. The summed E-state index contributed by atoms with van der Waals surface area (Å²) in [4.78, 5) is 12.6. The Labute approximate surface area is 232 Å². The second kappa shape index (κ2) is 10.2. The number of carbonyl (C=O) groups is 1. The number of benzene rings is 2. The van der Waals surface area contributed by atoms with Crippen LogP contribution >= 0.6 is 45.8 Å². The van der Waals surface area contributed by atoms with Crippen molar-refractivity contribution in [3.8, 4) is 5.82 Å². The molecular weight excluding hydrogens is 638 g/mol. The molecule has 0 saturated carbocycles. The fourth-order valence-electron chi connectivity index (χ4n) is 3.53. The maximum atomic E-state index is 13.7. The van der Waals surface area contributed by atoms with Gasteiger partial charge in [0.1, 0.15) is 15.8 Å². The highest BCUT2D eigenvalue weighted by atomic mass is 127. The van der Waals surface area contributed by atoms with Crippen LogP contribution in [-0.4, -0.2) is 41.3 Å². The molecule has 0 bridgehead atoms. The van der Waals surface area contributed by atoms with E-state index in [1.54, 1.807) is 39.0 Å². The molecule has 2 aromatic carbocycles. The van der Waals surface area contributed by atoms with E-state index in [0.717, 1.165) is 18.9 Å². The molecule has 0 saturated heterocycles. The van der Waals surface area contributed by atoms with Gasteiger partial charge in [0.05, 0.1) is 16.1 Å². The van der Waals surface area contributed by atoms with Gasteiger partial charge in [-0.05, 0) is 98.0 Å². The third-order valence-corrected chi connectivity index (χ3v) is 7.71. The molecular formula is C24H21Cl2IN4O4S. The Bertz CT molecular complexity index is 1530. The number of ether oxygens (including phenoxy) is 1. The van der Waals surface area contributed by atoms with Gasteiger partial charge in [-0.25, -0.2) is 8.42 Å². The molecule has 36 heavy (non-hydrogen) atoms. The molecule has 0 aliphatic heterocycles. The summed E-state index contributed by atoms with van der Waals surface area (Å²) in [6, 6.07) is 14.6. The molecule has 4 aromatic rings. The molecule has 4 rings (SSSR count). The first-order chi connectivity index (χ1) is 16.8. The standard InChI is InChI=1S/C24H21Cl2IN4O4S/c1-24(2,3)35-23(32)14-31(36(33,34)19-12-16(25)11-17(26)13-19)18-4-5-20-15(10-18)8-9-30(20)22-7-6-21(27)28-29-22/h4-13H,14H2,1-3H3. The second-order valence-corrected chi connectivity index (χ2v) is 12.7. The summed E-state index contributed by atoms with van der Waals surface area (Å²) in [5.41, 5.74) is 0.271. The highest BCUT2D eigenvalue weighted by Gasteiger charge is 2.30. The normalized spacial score (nSPS) is 12.1. The van der Waals surface area contributed by atoms with Gasteiger partial charge >= 0.3 is 5.97 Å². The van der Waals surface area contributed by atoms with E-state index in [1.165, 1.54) is 18.2 Å². The molecule has 0 aliphatic rings. The SMILES string of the molecule is CC(C)(C)OC(=O)CN(c1ccc2c(ccn2-c2ccc(I)nn2)c1)S(=O)(=O)c1cc(Cl)cc(Cl)c1. The Morgan fingerprint density at radius 2 is 1.72 bits per heavy atom. The van der Waals surface area contributed by atoms with E-state index in [2.05, 4.69) is 32.8 Å². The largest absolute Gasteiger partial charge is 0.459 e. The van der Waals surface area contributed by atoms with Crippen LogP contribution in [0.2, 0.25) is 10.0 Å². The molecule has 12 heteroatoms. The highest BCUT2D eigenvalue weighted by molar-refractivity contribution is 14.1. The lowest BCUT2D eigenvalue weighted by Crippen LogP contribution is -2.39. The van der Waals surface area contributed by atoms with Crippen LogP contribution in [0.3, 0.4) is 0 Å². The monoisotopic (exact) mass is 658 g/mol. The molecule has 0 spiro atoms. The number of fused-ring (bicyclic) bond motifs is 1. The Morgan fingerprint density at radius 1 is 1.03 bits per heavy atom. The Balaban J connectivity index is 1.80. The number of sulfonamides is 1. The third-order valence-electron chi connectivity index (χ3n) is 4.94. The average Bonchev–Trinajstić information content (AvgIpc) is 3.19. The lowest BCUT2D eigenvalue weighted by Gasteiger charge is -2.26. The van der Waals surface area contributed by atoms with Gasteiger partial charge in [0.2, 0.25) is 0 Å². The van der Waals surface area contributed by atoms with E-state index in [-0.39, 0.29) is 20.6 Å². The lowest BCUT2D eigenvalue weighted by atomic mass is 10.2. The summed E-state index contributed by atoms with van der Waals surface area (Å²) >= 11 is 14.2. The van der Waals surface area contributed by atoms with Gasteiger partial charge in [0, 0.05) is 21.6 Å². The second-order valence-electron chi connectivity index (χ2n) is 8.85. The molecule has 8 nitrogen and oxygen atoms in total. The maximum absolute atomic E-state index is 13.7. The highest BCUT2D eigenvalue weighted by Crippen LogP contribution is 2.31. The van der Waals surface area contributed by atoms with E-state index >= 15 is 0 Å². The van der Waals surface area contributed by atoms with Gasteiger partial charge in [0.15, 0.2) is 5.82 Å². The number of hydrogen-bond donors (Lipinski definition) is 0. The van der Waals surface area contributed by atoms with Crippen molar-refractivity contribution in [3.05, 3.63) is 74.5 Å². The minimum Gasteiger partial charge on any atom is -0.459 e. The third kappa shape index (κ3) is 5.93. The number of rotatable bonds is 6. The molecule has 2 heterocycles. The van der Waals surface area contributed by atoms with Gasteiger partial charge in [-0.1, -0.05) is 23.2 Å². The topological polar surface area (TPSA) is 94.4 Å². The minimum absolute atomic E-state index is 0.143. The zero-order valence-corrected chi connectivity index (χ0v) is 23.9. The molecule has 0 unspecified atom stereocenters. The Hall–Kier alpha value is -2.41. The lowest BCUT2D eigenvalue weighted by molar-refractivity contribution is -0.152. The van der Waals surface area contributed by atoms with Crippen LogP contribution in [0.15, 0.2) is 65.7 Å². The summed E-state index contributed by atoms with van der Waals surface area (Å²) in [5.74, 6) is -0.0870. The number of nitrogens with zero attached hydrogens (tertiary/aromatic N) is 4. The van der Waals surface area contributed by atoms with Crippen molar-refractivity contribution in [3.63, 3.8) is 0 Å². The molecule has 2 aromatic heterocycles. The summed E-state index contributed by atoms with van der Waals surface area (Å²) in [5, 5.41) is 9.35. The Kier molecular flexibility index (Phi) is 7.52. The number of aromatic nitrogens is 3. The molecule has 0 atom stereocenters. The Morgan fingerprint density at radius 3 is 2.33 bits per heavy atom. The zero-order valence-electron chi connectivity index (χ0n) is 19.4. The quantitative estimate of drug-likeness (QED) is 0.190. The van der Waals surface area contributed by atoms with E-state index in [4.69, 9.17) is 27.9 Å².